The van der Waals surface area contributed by atoms with E-state index in [1.807, 2.05) is 4.42 Å². The van der Waals surface area contributed by atoms with Crippen LogP contribution >= 0.6 is 11.8 Å². The Kier molecular flexibility index (Phi) is 22.4. The van der Waals surface area contributed by atoms with Gasteiger partial charge in [0.15, 0.2) is 0 Å². The number of ether oxygens (including phenoxy) is 7. The number of azide groups is 1. The number of rotatable bonds is 24. The zero-order chi connectivity index (χ0) is 23.7. The predicted molar refractivity (Wildman–Crippen MR) is 124 cm³/mol. The van der Waals surface area contributed by atoms with E-state index in [-0.39, 0.29) is 0 Å². The van der Waals surface area contributed by atoms with Gasteiger partial charge in [0.1, 0.15) is 0 Å². The molecule has 0 aromatic carbocycles. The second kappa shape index (κ2) is 24.4. The van der Waals surface area contributed by atoms with Crippen LogP contribution in [-0.2, 0) is 33.2 Å². The Morgan fingerprint density at radius 1 is 0.576 bits per heavy atom. The number of piperazine rings is 1. The normalized spacial score (nSPS) is 15.1. The van der Waals surface area contributed by atoms with Gasteiger partial charge in [0.2, 0.25) is 0 Å². The summed E-state index contributed by atoms with van der Waals surface area (Å²) in [7, 11) is 0. The predicted octanol–water partition coefficient (Wildman–Crippen LogP) is 1.18. The molecule has 0 aromatic heterocycles. The van der Waals surface area contributed by atoms with Crippen molar-refractivity contribution in [3.8, 4) is 0 Å². The van der Waals surface area contributed by atoms with Crippen molar-refractivity contribution in [3.63, 3.8) is 0 Å². The molecule has 1 rings (SSSR count). The van der Waals surface area contributed by atoms with Crippen LogP contribution in [0.4, 0.5) is 0 Å². The zero-order valence-corrected chi connectivity index (χ0v) is 20.4. The highest BCUT2D eigenvalue weighted by Gasteiger charge is 2.14. The van der Waals surface area contributed by atoms with E-state index in [9.17, 15) is 0 Å². The third-order valence-electron chi connectivity index (χ3n) is 4.50. The molecule has 0 bridgehead atoms. The van der Waals surface area contributed by atoms with Crippen LogP contribution in [0.5, 0.6) is 0 Å². The van der Waals surface area contributed by atoms with E-state index in [0.717, 1.165) is 32.7 Å². The summed E-state index contributed by atoms with van der Waals surface area (Å²) >= 11 is 5.94. The lowest BCUT2D eigenvalue weighted by molar-refractivity contribution is -0.0209. The molecule has 0 atom stereocenters. The first-order valence-electron chi connectivity index (χ1n) is 11.5. The van der Waals surface area contributed by atoms with E-state index in [4.69, 9.17) is 50.5 Å². The first-order chi connectivity index (χ1) is 16.3. The monoisotopic (exact) mass is 497 g/mol. The summed E-state index contributed by atoms with van der Waals surface area (Å²) in [5, 5.41) is 3.37. The van der Waals surface area contributed by atoms with E-state index in [1.54, 1.807) is 0 Å². The Morgan fingerprint density at radius 3 is 1.33 bits per heavy atom. The summed E-state index contributed by atoms with van der Waals surface area (Å²) in [4.78, 5) is 4.99. The number of hydrogen-bond donors (Lipinski definition) is 0. The molecule has 0 aliphatic carbocycles. The molecule has 13 heteroatoms. The molecule has 33 heavy (non-hydrogen) atoms. The molecule has 1 saturated heterocycles. The molecule has 1 aliphatic rings. The molecule has 0 saturated carbocycles. The van der Waals surface area contributed by atoms with Gasteiger partial charge in [0, 0.05) is 44.2 Å². The van der Waals surface area contributed by atoms with Gasteiger partial charge in [0.25, 0.3) is 0 Å². The molecule has 1 aliphatic heterocycles. The summed E-state index contributed by atoms with van der Waals surface area (Å²) in [6, 6.07) is 0. The summed E-state index contributed by atoms with van der Waals surface area (Å²) in [5.74, 6) is 0. The maximum atomic E-state index is 8.11. The molecular weight excluding hydrogens is 458 g/mol. The number of nitrogens with zero attached hydrogens (tertiary/aromatic N) is 5. The van der Waals surface area contributed by atoms with Crippen molar-refractivity contribution in [1.29, 1.82) is 0 Å². The van der Waals surface area contributed by atoms with Crippen molar-refractivity contribution in [2.24, 2.45) is 5.11 Å². The van der Waals surface area contributed by atoms with E-state index in [0.29, 0.717) is 99.0 Å². The minimum atomic E-state index is 0.336. The first kappa shape index (κ1) is 30.3. The fourth-order valence-electron chi connectivity index (χ4n) is 2.71. The molecular formula is C20H40ClN5O7. The first-order valence-corrected chi connectivity index (χ1v) is 11.8. The van der Waals surface area contributed by atoms with Crippen molar-refractivity contribution in [1.82, 2.24) is 9.32 Å². The molecule has 0 amide bonds. The summed E-state index contributed by atoms with van der Waals surface area (Å²) in [6.45, 7) is 12.5. The summed E-state index contributed by atoms with van der Waals surface area (Å²) < 4.78 is 39.7. The van der Waals surface area contributed by atoms with Crippen LogP contribution in [0.15, 0.2) is 5.11 Å². The Hall–Kier alpha value is -0.760. The van der Waals surface area contributed by atoms with Gasteiger partial charge in [-0.3, -0.25) is 4.90 Å². The van der Waals surface area contributed by atoms with Gasteiger partial charge in [-0.15, -0.1) is 0 Å². The van der Waals surface area contributed by atoms with Crippen molar-refractivity contribution < 1.29 is 33.2 Å². The third-order valence-corrected chi connectivity index (χ3v) is 4.84. The van der Waals surface area contributed by atoms with Gasteiger partial charge < -0.3 is 33.2 Å². The Balaban J connectivity index is 1.64. The molecule has 194 valence electrons. The van der Waals surface area contributed by atoms with Crippen molar-refractivity contribution in [2.75, 3.05) is 132 Å². The van der Waals surface area contributed by atoms with Crippen molar-refractivity contribution in [3.05, 3.63) is 10.4 Å². The maximum absolute atomic E-state index is 8.11. The highest BCUT2D eigenvalue weighted by atomic mass is 35.5. The van der Waals surface area contributed by atoms with Crippen molar-refractivity contribution >= 4 is 11.8 Å². The molecule has 1 heterocycles. The lowest BCUT2D eigenvalue weighted by atomic mass is 10.3. The van der Waals surface area contributed by atoms with E-state index >= 15 is 0 Å². The highest BCUT2D eigenvalue weighted by molar-refractivity contribution is 6.13. The zero-order valence-electron chi connectivity index (χ0n) is 19.6. The summed E-state index contributed by atoms with van der Waals surface area (Å²) in [6.07, 6.45) is 0. The molecule has 1 fully saturated rings. The van der Waals surface area contributed by atoms with Crippen LogP contribution in [0.3, 0.4) is 0 Å². The van der Waals surface area contributed by atoms with Gasteiger partial charge >= 0.3 is 0 Å². The standard InChI is InChI=1S/C20H40ClN5O7/c21-26-4-2-25(3-5-26)6-8-28-10-12-30-14-16-32-18-20-33-19-17-31-15-13-29-11-9-27-7-1-23-24-22/h1-20H2. The highest BCUT2D eigenvalue weighted by Crippen LogP contribution is 2.03. The van der Waals surface area contributed by atoms with Gasteiger partial charge in [-0.25, -0.2) is 4.42 Å². The van der Waals surface area contributed by atoms with E-state index in [1.165, 1.54) is 0 Å². The maximum Gasteiger partial charge on any atom is 0.0701 e. The van der Waals surface area contributed by atoms with Crippen molar-refractivity contribution in [2.45, 2.75) is 0 Å². The second-order valence-corrected chi connectivity index (χ2v) is 7.47. The second-order valence-electron chi connectivity index (χ2n) is 6.99. The minimum Gasteiger partial charge on any atom is -0.379 e. The van der Waals surface area contributed by atoms with Gasteiger partial charge in [-0.2, -0.15) is 0 Å². The smallest absolute Gasteiger partial charge is 0.0701 e. The topological polar surface area (TPSA) is 120 Å². The lowest BCUT2D eigenvalue weighted by Gasteiger charge is -2.30. The quantitative estimate of drug-likeness (QED) is 0.0636. The molecule has 0 N–H and O–H groups in total. The van der Waals surface area contributed by atoms with Crippen LogP contribution in [-0.4, -0.2) is 141 Å². The Morgan fingerprint density at radius 2 is 0.939 bits per heavy atom. The number of halogens is 1. The third kappa shape index (κ3) is 21.5. The Bertz CT molecular complexity index is 470. The van der Waals surface area contributed by atoms with Gasteiger partial charge in [-0.1, -0.05) is 5.11 Å². The SMILES string of the molecule is [N-]=[N+]=NCCOCCOCCOCCOCCOCCOCCOCCN1CCN(Cl)CC1. The van der Waals surface area contributed by atoms with Crippen LogP contribution in [0.1, 0.15) is 0 Å². The molecule has 12 nitrogen and oxygen atoms in total. The largest absolute Gasteiger partial charge is 0.379 e. The van der Waals surface area contributed by atoms with Gasteiger partial charge in [0.05, 0.1) is 92.5 Å². The molecule has 0 spiro atoms. The van der Waals surface area contributed by atoms with Crippen LogP contribution in [0.25, 0.3) is 10.4 Å². The fourth-order valence-corrected chi connectivity index (χ4v) is 2.86. The van der Waals surface area contributed by atoms with E-state index < -0.39 is 0 Å². The fraction of sp³-hybridized carbons (Fsp3) is 1.00. The number of hydrogen-bond acceptors (Lipinski definition) is 10. The molecule has 0 unspecified atom stereocenters. The lowest BCUT2D eigenvalue weighted by Crippen LogP contribution is -2.43. The minimum absolute atomic E-state index is 0.336. The van der Waals surface area contributed by atoms with E-state index in [2.05, 4.69) is 14.9 Å². The van der Waals surface area contributed by atoms with Gasteiger partial charge in [-0.05, 0) is 17.3 Å². The average molecular weight is 498 g/mol. The Labute approximate surface area is 202 Å². The summed E-state index contributed by atoms with van der Waals surface area (Å²) in [5.41, 5.74) is 8.11. The van der Waals surface area contributed by atoms with Crippen LogP contribution in [0, 0.1) is 0 Å². The average Bonchev–Trinajstić information content (AvgIpc) is 2.83. The molecule has 0 aromatic rings. The molecule has 0 radical (unpaired) electrons. The van der Waals surface area contributed by atoms with Crippen LogP contribution in [0.2, 0.25) is 0 Å². The van der Waals surface area contributed by atoms with Crippen LogP contribution < -0.4 is 0 Å².